The standard InChI is InChI=1S/C20H22/c1-2-4-18-10-19(6-5-17(18)3-1)20-11-14-7-15(12-20)9-16(8-14)13-20/h1-6,10,14-16H,7-9,11-13H2. The average Bonchev–Trinajstić information content (AvgIpc) is 2.45. The fourth-order valence-corrected chi connectivity index (χ4v) is 5.98. The molecule has 0 spiro atoms. The largest absolute Gasteiger partial charge is 0.0616 e. The summed E-state index contributed by atoms with van der Waals surface area (Å²) in [6.45, 7) is 0. The molecule has 2 aromatic rings. The molecule has 102 valence electrons. The maximum absolute atomic E-state index is 2.50. The van der Waals surface area contributed by atoms with E-state index in [0.29, 0.717) is 5.41 Å². The smallest absolute Gasteiger partial charge is 0.00388 e. The topological polar surface area (TPSA) is 0 Å². The quantitative estimate of drug-likeness (QED) is 0.653. The molecule has 0 aliphatic heterocycles. The summed E-state index contributed by atoms with van der Waals surface area (Å²) < 4.78 is 0. The highest BCUT2D eigenvalue weighted by Crippen LogP contribution is 2.60. The summed E-state index contributed by atoms with van der Waals surface area (Å²) in [5.74, 6) is 3.10. The molecule has 0 radical (unpaired) electrons. The second kappa shape index (κ2) is 3.87. The molecule has 0 amide bonds. The van der Waals surface area contributed by atoms with E-state index in [1.54, 1.807) is 5.56 Å². The van der Waals surface area contributed by atoms with Crippen molar-refractivity contribution < 1.29 is 0 Å². The van der Waals surface area contributed by atoms with Gasteiger partial charge in [0.1, 0.15) is 0 Å². The zero-order valence-corrected chi connectivity index (χ0v) is 12.0. The van der Waals surface area contributed by atoms with Crippen molar-refractivity contribution in [1.29, 1.82) is 0 Å². The first-order valence-corrected chi connectivity index (χ1v) is 8.30. The van der Waals surface area contributed by atoms with Gasteiger partial charge in [0.25, 0.3) is 0 Å². The lowest BCUT2D eigenvalue weighted by atomic mass is 9.48. The van der Waals surface area contributed by atoms with Gasteiger partial charge in [-0.2, -0.15) is 0 Å². The highest BCUT2D eigenvalue weighted by atomic mass is 14.6. The Bertz CT molecular complexity index is 631. The Morgan fingerprint density at radius 2 is 1.30 bits per heavy atom. The maximum Gasteiger partial charge on any atom is -0.00388 e. The lowest BCUT2D eigenvalue weighted by Gasteiger charge is -2.57. The van der Waals surface area contributed by atoms with Crippen molar-refractivity contribution >= 4 is 10.8 Å². The van der Waals surface area contributed by atoms with E-state index in [9.17, 15) is 0 Å². The van der Waals surface area contributed by atoms with Crippen molar-refractivity contribution in [2.24, 2.45) is 17.8 Å². The fourth-order valence-electron chi connectivity index (χ4n) is 5.98. The summed E-state index contributed by atoms with van der Waals surface area (Å²) in [5.41, 5.74) is 2.19. The number of hydrogen-bond donors (Lipinski definition) is 0. The van der Waals surface area contributed by atoms with Crippen LogP contribution < -0.4 is 0 Å². The van der Waals surface area contributed by atoms with Crippen LogP contribution in [0.3, 0.4) is 0 Å². The number of rotatable bonds is 1. The molecule has 4 aliphatic carbocycles. The highest BCUT2D eigenvalue weighted by Gasteiger charge is 2.51. The first-order valence-electron chi connectivity index (χ1n) is 8.30. The third kappa shape index (κ3) is 1.54. The third-order valence-electron chi connectivity index (χ3n) is 6.40. The van der Waals surface area contributed by atoms with Gasteiger partial charge < -0.3 is 0 Å². The minimum absolute atomic E-state index is 0.540. The van der Waals surface area contributed by atoms with Gasteiger partial charge in [0.05, 0.1) is 0 Å². The first kappa shape index (κ1) is 11.4. The van der Waals surface area contributed by atoms with Crippen molar-refractivity contribution in [2.75, 3.05) is 0 Å². The van der Waals surface area contributed by atoms with Gasteiger partial charge in [-0.25, -0.2) is 0 Å². The predicted octanol–water partition coefficient (Wildman–Crippen LogP) is 5.31. The Morgan fingerprint density at radius 1 is 0.700 bits per heavy atom. The van der Waals surface area contributed by atoms with E-state index in [1.165, 1.54) is 49.3 Å². The van der Waals surface area contributed by atoms with Crippen LogP contribution in [-0.2, 0) is 5.41 Å². The maximum atomic E-state index is 2.50. The summed E-state index contributed by atoms with van der Waals surface area (Å²) >= 11 is 0. The van der Waals surface area contributed by atoms with Crippen LogP contribution >= 0.6 is 0 Å². The molecule has 0 heterocycles. The van der Waals surface area contributed by atoms with Gasteiger partial charge in [-0.1, -0.05) is 42.5 Å². The molecule has 4 aliphatic rings. The molecular formula is C20H22. The van der Waals surface area contributed by atoms with E-state index in [4.69, 9.17) is 0 Å². The SMILES string of the molecule is c1ccc2cc(C34CC5CC(CC(C5)C3)C4)ccc2c1. The molecule has 4 fully saturated rings. The predicted molar refractivity (Wildman–Crippen MR) is 83.8 cm³/mol. The second-order valence-electron chi connectivity index (χ2n) is 7.76. The Balaban J connectivity index is 1.63. The van der Waals surface area contributed by atoms with Crippen molar-refractivity contribution in [3.63, 3.8) is 0 Å². The van der Waals surface area contributed by atoms with E-state index in [0.717, 1.165) is 17.8 Å². The van der Waals surface area contributed by atoms with Crippen LogP contribution in [0.15, 0.2) is 42.5 Å². The van der Waals surface area contributed by atoms with Crippen LogP contribution in [0, 0.1) is 17.8 Å². The van der Waals surface area contributed by atoms with E-state index in [2.05, 4.69) is 42.5 Å². The molecule has 2 aromatic carbocycles. The van der Waals surface area contributed by atoms with Gasteiger partial charge in [0, 0.05) is 0 Å². The van der Waals surface area contributed by atoms with Gasteiger partial charge in [-0.3, -0.25) is 0 Å². The molecule has 0 saturated heterocycles. The Hall–Kier alpha value is -1.30. The van der Waals surface area contributed by atoms with Crippen molar-refractivity contribution in [1.82, 2.24) is 0 Å². The Labute approximate surface area is 121 Å². The second-order valence-corrected chi connectivity index (χ2v) is 7.76. The lowest BCUT2D eigenvalue weighted by Crippen LogP contribution is -2.48. The molecule has 0 nitrogen and oxygen atoms in total. The molecule has 6 rings (SSSR count). The van der Waals surface area contributed by atoms with Crippen LogP contribution in [0.5, 0.6) is 0 Å². The molecule has 0 atom stereocenters. The zero-order valence-electron chi connectivity index (χ0n) is 12.0. The summed E-state index contributed by atoms with van der Waals surface area (Å²) in [5, 5.41) is 2.82. The summed E-state index contributed by atoms with van der Waals surface area (Å²) in [6, 6.07) is 16.1. The van der Waals surface area contributed by atoms with E-state index < -0.39 is 0 Å². The number of benzene rings is 2. The molecule has 4 saturated carbocycles. The fraction of sp³-hybridized carbons (Fsp3) is 0.500. The van der Waals surface area contributed by atoms with Crippen LogP contribution in [0.25, 0.3) is 10.8 Å². The van der Waals surface area contributed by atoms with Crippen LogP contribution in [-0.4, -0.2) is 0 Å². The van der Waals surface area contributed by atoms with Gasteiger partial charge in [-0.15, -0.1) is 0 Å². The number of hydrogen-bond acceptors (Lipinski definition) is 0. The molecule has 4 bridgehead atoms. The Kier molecular flexibility index (Phi) is 2.20. The molecule has 20 heavy (non-hydrogen) atoms. The minimum Gasteiger partial charge on any atom is -0.0616 e. The number of fused-ring (bicyclic) bond motifs is 1. The van der Waals surface area contributed by atoms with Crippen molar-refractivity contribution in [3.8, 4) is 0 Å². The summed E-state index contributed by atoms with van der Waals surface area (Å²) in [4.78, 5) is 0. The molecular weight excluding hydrogens is 240 g/mol. The van der Waals surface area contributed by atoms with Gasteiger partial charge in [-0.05, 0) is 78.0 Å². The van der Waals surface area contributed by atoms with Crippen LogP contribution in [0.2, 0.25) is 0 Å². The third-order valence-corrected chi connectivity index (χ3v) is 6.40. The van der Waals surface area contributed by atoms with Crippen molar-refractivity contribution in [2.45, 2.75) is 43.9 Å². The summed E-state index contributed by atoms with van der Waals surface area (Å²) in [7, 11) is 0. The monoisotopic (exact) mass is 262 g/mol. The normalized spacial score (nSPS) is 38.5. The molecule has 0 heteroatoms. The van der Waals surface area contributed by atoms with Gasteiger partial charge in [0.2, 0.25) is 0 Å². The minimum atomic E-state index is 0.540. The molecule has 0 aromatic heterocycles. The molecule has 0 N–H and O–H groups in total. The van der Waals surface area contributed by atoms with E-state index in [-0.39, 0.29) is 0 Å². The zero-order chi connectivity index (χ0) is 13.2. The van der Waals surface area contributed by atoms with Gasteiger partial charge >= 0.3 is 0 Å². The van der Waals surface area contributed by atoms with Crippen molar-refractivity contribution in [3.05, 3.63) is 48.0 Å². The highest BCUT2D eigenvalue weighted by molar-refractivity contribution is 5.83. The summed E-state index contributed by atoms with van der Waals surface area (Å²) in [6.07, 6.45) is 9.01. The van der Waals surface area contributed by atoms with Crippen LogP contribution in [0.1, 0.15) is 44.1 Å². The van der Waals surface area contributed by atoms with E-state index >= 15 is 0 Å². The lowest BCUT2D eigenvalue weighted by molar-refractivity contribution is -0.00512. The Morgan fingerprint density at radius 3 is 1.95 bits per heavy atom. The first-order chi connectivity index (χ1) is 9.81. The van der Waals surface area contributed by atoms with E-state index in [1.807, 2.05) is 0 Å². The van der Waals surface area contributed by atoms with Gasteiger partial charge in [0.15, 0.2) is 0 Å². The van der Waals surface area contributed by atoms with Crippen LogP contribution in [0.4, 0.5) is 0 Å². The average molecular weight is 262 g/mol. The molecule has 0 unspecified atom stereocenters.